The van der Waals surface area contributed by atoms with Crippen LogP contribution in [0.1, 0.15) is 37.7 Å². The van der Waals surface area contributed by atoms with Gasteiger partial charge in [0.1, 0.15) is 5.82 Å². The molecule has 0 unspecified atom stereocenters. The van der Waals surface area contributed by atoms with E-state index in [1.807, 2.05) is 22.8 Å². The fourth-order valence-electron chi connectivity index (χ4n) is 4.00. The molecule has 1 N–H and O–H groups in total. The number of rotatable bonds is 10. The lowest BCUT2D eigenvalue weighted by molar-refractivity contribution is -0.118. The van der Waals surface area contributed by atoms with E-state index >= 15 is 0 Å². The molecule has 1 heterocycles. The lowest BCUT2D eigenvalue weighted by Crippen LogP contribution is -2.26. The number of carbonyl (C=O) groups is 1. The minimum atomic E-state index is -0.336. The quantitative estimate of drug-likeness (QED) is 0.321. The molecule has 0 saturated heterocycles. The Balaban J connectivity index is 1.41. The maximum Gasteiger partial charge on any atom is 0.230 e. The highest BCUT2D eigenvalue weighted by Crippen LogP contribution is 2.26. The van der Waals surface area contributed by atoms with E-state index in [0.29, 0.717) is 29.6 Å². The molecule has 5 nitrogen and oxygen atoms in total. The Morgan fingerprint density at radius 1 is 1.03 bits per heavy atom. The van der Waals surface area contributed by atoms with Crippen molar-refractivity contribution >= 4 is 17.7 Å². The molecule has 2 aromatic carbocycles. The first-order valence-corrected chi connectivity index (χ1v) is 12.5. The zero-order valence-electron chi connectivity index (χ0n) is 18.7. The number of thioether (sulfide) groups is 1. The van der Waals surface area contributed by atoms with Gasteiger partial charge in [-0.15, -0.1) is 10.2 Å². The normalized spacial score (nSPS) is 13.5. The van der Waals surface area contributed by atoms with Crippen molar-refractivity contribution in [3.05, 3.63) is 77.6 Å². The molecule has 0 radical (unpaired) electrons. The van der Waals surface area contributed by atoms with Crippen molar-refractivity contribution in [1.82, 2.24) is 20.1 Å². The van der Waals surface area contributed by atoms with Crippen molar-refractivity contribution in [1.29, 1.82) is 0 Å². The zero-order valence-corrected chi connectivity index (χ0v) is 19.5. The molecule has 1 aromatic heterocycles. The summed E-state index contributed by atoms with van der Waals surface area (Å²) in [5, 5.41) is 12.2. The number of benzene rings is 2. The van der Waals surface area contributed by atoms with Crippen LogP contribution in [0.4, 0.5) is 4.39 Å². The molecule has 0 atom stereocenters. The van der Waals surface area contributed by atoms with Crippen molar-refractivity contribution in [3.63, 3.8) is 0 Å². The summed E-state index contributed by atoms with van der Waals surface area (Å²) in [5.41, 5.74) is 3.04. The number of carbonyl (C=O) groups excluding carboxylic acids is 1. The summed E-state index contributed by atoms with van der Waals surface area (Å²) < 4.78 is 16.4. The van der Waals surface area contributed by atoms with Gasteiger partial charge in [-0.1, -0.05) is 65.9 Å². The summed E-state index contributed by atoms with van der Waals surface area (Å²) in [7, 11) is 0. The number of allylic oxidation sites excluding steroid dienone is 1. The summed E-state index contributed by atoms with van der Waals surface area (Å²) in [4.78, 5) is 12.4. The van der Waals surface area contributed by atoms with Crippen LogP contribution in [0, 0.1) is 5.82 Å². The molecule has 1 aliphatic rings. The Bertz CT molecular complexity index is 1100. The van der Waals surface area contributed by atoms with Gasteiger partial charge in [-0.05, 0) is 56.2 Å². The Kier molecular flexibility index (Phi) is 8.30. The van der Waals surface area contributed by atoms with Crippen LogP contribution >= 0.6 is 11.8 Å². The average Bonchev–Trinajstić information content (AvgIpc) is 3.25. The van der Waals surface area contributed by atoms with Crippen LogP contribution < -0.4 is 5.32 Å². The predicted octanol–water partition coefficient (Wildman–Crippen LogP) is 5.43. The van der Waals surface area contributed by atoms with Crippen molar-refractivity contribution in [3.8, 4) is 11.4 Å². The smallest absolute Gasteiger partial charge is 0.230 e. The Morgan fingerprint density at radius 2 is 1.85 bits per heavy atom. The monoisotopic (exact) mass is 464 g/mol. The number of aromatic nitrogens is 3. The number of halogens is 1. The Hall–Kier alpha value is -2.93. The van der Waals surface area contributed by atoms with Gasteiger partial charge in [-0.25, -0.2) is 4.39 Å². The molecule has 0 aliphatic heterocycles. The maximum absolute atomic E-state index is 14.5. The van der Waals surface area contributed by atoms with Crippen molar-refractivity contribution in [2.24, 2.45) is 0 Å². The lowest BCUT2D eigenvalue weighted by atomic mass is 9.97. The average molecular weight is 465 g/mol. The second-order valence-electron chi connectivity index (χ2n) is 8.17. The number of nitrogens with one attached hydrogen (secondary N) is 1. The van der Waals surface area contributed by atoms with Gasteiger partial charge in [-0.3, -0.25) is 4.79 Å². The number of amides is 1. The number of nitrogens with zero attached hydrogens (tertiary/aromatic N) is 3. The van der Waals surface area contributed by atoms with E-state index in [-0.39, 0.29) is 17.5 Å². The number of aryl methyl sites for hydroxylation is 1. The second kappa shape index (κ2) is 11.8. The van der Waals surface area contributed by atoms with E-state index in [0.717, 1.165) is 25.7 Å². The van der Waals surface area contributed by atoms with Crippen molar-refractivity contribution < 1.29 is 9.18 Å². The standard InChI is InChI=1S/C26H29FN4OS/c27-23-14-8-7-13-22(23)25-29-30-26(31(25)18-16-21-11-5-2-6-12-21)33-19-24(32)28-17-15-20-9-3-1-4-10-20/h2,5-9,11-14H,1,3-4,10,15-19H2,(H,28,32). The first-order valence-electron chi connectivity index (χ1n) is 11.5. The molecule has 172 valence electrons. The number of hydrogen-bond donors (Lipinski definition) is 1. The Labute approximate surface area is 198 Å². The van der Waals surface area contributed by atoms with Gasteiger partial charge in [0, 0.05) is 13.1 Å². The highest BCUT2D eigenvalue weighted by atomic mass is 32.2. The molecule has 3 aromatic rings. The third-order valence-electron chi connectivity index (χ3n) is 5.78. The molecule has 0 spiro atoms. The fraction of sp³-hybridized carbons (Fsp3) is 0.346. The van der Waals surface area contributed by atoms with Crippen LogP contribution in [0.25, 0.3) is 11.4 Å². The van der Waals surface area contributed by atoms with E-state index in [2.05, 4.69) is 33.7 Å². The molecule has 0 bridgehead atoms. The van der Waals surface area contributed by atoms with Crippen LogP contribution in [0.2, 0.25) is 0 Å². The SMILES string of the molecule is O=C(CSc1nnc(-c2ccccc2F)n1CCc1ccccc1)NCCC1=CCCCC1. The van der Waals surface area contributed by atoms with Gasteiger partial charge < -0.3 is 9.88 Å². The highest BCUT2D eigenvalue weighted by molar-refractivity contribution is 7.99. The fourth-order valence-corrected chi connectivity index (χ4v) is 4.79. The molecule has 33 heavy (non-hydrogen) atoms. The second-order valence-corrected chi connectivity index (χ2v) is 9.11. The molecule has 4 rings (SSSR count). The third kappa shape index (κ3) is 6.54. The van der Waals surface area contributed by atoms with Crippen LogP contribution in [-0.2, 0) is 17.8 Å². The van der Waals surface area contributed by atoms with E-state index in [4.69, 9.17) is 0 Å². The molecular weight excluding hydrogens is 435 g/mol. The molecule has 0 fully saturated rings. The van der Waals surface area contributed by atoms with E-state index in [1.165, 1.54) is 41.8 Å². The highest BCUT2D eigenvalue weighted by Gasteiger charge is 2.18. The summed E-state index contributed by atoms with van der Waals surface area (Å²) in [6.45, 7) is 1.26. The first-order chi connectivity index (χ1) is 16.2. The predicted molar refractivity (Wildman–Crippen MR) is 130 cm³/mol. The van der Waals surface area contributed by atoms with Crippen molar-refractivity contribution in [2.45, 2.75) is 50.2 Å². The van der Waals surface area contributed by atoms with Crippen molar-refractivity contribution in [2.75, 3.05) is 12.3 Å². The lowest BCUT2D eigenvalue weighted by Gasteiger charge is -2.13. The van der Waals surface area contributed by atoms with Gasteiger partial charge in [0.15, 0.2) is 11.0 Å². The van der Waals surface area contributed by atoms with Crippen LogP contribution in [-0.4, -0.2) is 33.0 Å². The maximum atomic E-state index is 14.5. The van der Waals surface area contributed by atoms with Crippen LogP contribution in [0.3, 0.4) is 0 Å². The first kappa shape index (κ1) is 23.2. The van der Waals surface area contributed by atoms with Gasteiger partial charge >= 0.3 is 0 Å². The minimum Gasteiger partial charge on any atom is -0.355 e. The third-order valence-corrected chi connectivity index (χ3v) is 6.75. The topological polar surface area (TPSA) is 59.8 Å². The van der Waals surface area contributed by atoms with Crippen LogP contribution in [0.5, 0.6) is 0 Å². The van der Waals surface area contributed by atoms with Gasteiger partial charge in [0.05, 0.1) is 11.3 Å². The molecule has 1 aliphatic carbocycles. The van der Waals surface area contributed by atoms with E-state index < -0.39 is 0 Å². The van der Waals surface area contributed by atoms with Gasteiger partial charge in [0.2, 0.25) is 5.91 Å². The van der Waals surface area contributed by atoms with Gasteiger partial charge in [0.25, 0.3) is 0 Å². The van der Waals surface area contributed by atoms with Crippen LogP contribution in [0.15, 0.2) is 71.4 Å². The molecule has 0 saturated carbocycles. The summed E-state index contributed by atoms with van der Waals surface area (Å²) in [6.07, 6.45) is 8.81. The minimum absolute atomic E-state index is 0.0264. The van der Waals surface area contributed by atoms with E-state index in [9.17, 15) is 9.18 Å². The molecular formula is C26H29FN4OS. The Morgan fingerprint density at radius 3 is 2.64 bits per heavy atom. The summed E-state index contributed by atoms with van der Waals surface area (Å²) in [6, 6.07) is 16.7. The molecule has 1 amide bonds. The number of hydrogen-bond acceptors (Lipinski definition) is 4. The largest absolute Gasteiger partial charge is 0.355 e. The van der Waals surface area contributed by atoms with E-state index in [1.54, 1.807) is 18.2 Å². The summed E-state index contributed by atoms with van der Waals surface area (Å²) >= 11 is 1.34. The van der Waals surface area contributed by atoms with Gasteiger partial charge in [-0.2, -0.15) is 0 Å². The summed E-state index contributed by atoms with van der Waals surface area (Å²) in [5.74, 6) is 0.370. The zero-order chi connectivity index (χ0) is 22.9. The molecule has 7 heteroatoms.